The Morgan fingerprint density at radius 3 is 2.25 bits per heavy atom. The minimum atomic E-state index is -0.623. The number of ether oxygens (including phenoxy) is 1. The van der Waals surface area contributed by atoms with Gasteiger partial charge in [0.2, 0.25) is 0 Å². The standard InChI is InChI=1S/C15H22F2N2O/c1-18-6-8-19(9-7-18)5-3-4-12-10-13(16)15(20-2)14(17)11-12/h10-11H,3-9H2,1-2H3. The molecule has 0 unspecified atom stereocenters. The van der Waals surface area contributed by atoms with E-state index in [1.54, 1.807) is 0 Å². The highest BCUT2D eigenvalue weighted by Gasteiger charge is 2.14. The van der Waals surface area contributed by atoms with Gasteiger partial charge in [0.1, 0.15) is 0 Å². The summed E-state index contributed by atoms with van der Waals surface area (Å²) in [6.45, 7) is 5.30. The van der Waals surface area contributed by atoms with Crippen molar-refractivity contribution in [3.8, 4) is 5.75 Å². The van der Waals surface area contributed by atoms with Gasteiger partial charge >= 0.3 is 0 Å². The average Bonchev–Trinajstić information content (AvgIpc) is 2.41. The van der Waals surface area contributed by atoms with Gasteiger partial charge in [-0.15, -0.1) is 0 Å². The molecule has 0 aliphatic carbocycles. The van der Waals surface area contributed by atoms with Crippen LogP contribution in [0.25, 0.3) is 0 Å². The van der Waals surface area contributed by atoms with E-state index in [9.17, 15) is 8.78 Å². The van der Waals surface area contributed by atoms with Crippen LogP contribution < -0.4 is 4.74 Å². The lowest BCUT2D eigenvalue weighted by Crippen LogP contribution is -2.44. The zero-order valence-corrected chi connectivity index (χ0v) is 12.2. The Hall–Kier alpha value is -1.20. The van der Waals surface area contributed by atoms with Gasteiger partial charge in [-0.1, -0.05) is 0 Å². The third-order valence-corrected chi connectivity index (χ3v) is 3.80. The minimum Gasteiger partial charge on any atom is -0.491 e. The van der Waals surface area contributed by atoms with Gasteiger partial charge in [-0.3, -0.25) is 0 Å². The van der Waals surface area contributed by atoms with Crippen LogP contribution in [0.5, 0.6) is 5.75 Å². The van der Waals surface area contributed by atoms with Crippen molar-refractivity contribution in [2.45, 2.75) is 12.8 Å². The van der Waals surface area contributed by atoms with Gasteiger partial charge in [0.25, 0.3) is 0 Å². The molecule has 0 saturated carbocycles. The van der Waals surface area contributed by atoms with Gasteiger partial charge in [0.05, 0.1) is 7.11 Å². The molecule has 0 aromatic heterocycles. The molecule has 0 bridgehead atoms. The van der Waals surface area contributed by atoms with Crippen molar-refractivity contribution in [3.05, 3.63) is 29.3 Å². The minimum absolute atomic E-state index is 0.298. The van der Waals surface area contributed by atoms with Crippen molar-refractivity contribution in [1.29, 1.82) is 0 Å². The van der Waals surface area contributed by atoms with Crippen LogP contribution in [0.4, 0.5) is 8.78 Å². The number of halogens is 2. The zero-order valence-electron chi connectivity index (χ0n) is 12.2. The highest BCUT2D eigenvalue weighted by Crippen LogP contribution is 2.23. The highest BCUT2D eigenvalue weighted by atomic mass is 19.1. The Morgan fingerprint density at radius 2 is 1.70 bits per heavy atom. The summed E-state index contributed by atoms with van der Waals surface area (Å²) in [5, 5.41) is 0. The number of aryl methyl sites for hydroxylation is 1. The molecule has 1 saturated heterocycles. The summed E-state index contributed by atoms with van der Waals surface area (Å²) in [5.41, 5.74) is 0.690. The molecule has 5 heteroatoms. The van der Waals surface area contributed by atoms with E-state index in [-0.39, 0.29) is 5.75 Å². The average molecular weight is 284 g/mol. The number of nitrogens with zero attached hydrogens (tertiary/aromatic N) is 2. The fourth-order valence-corrected chi connectivity index (χ4v) is 2.53. The van der Waals surface area contributed by atoms with Crippen molar-refractivity contribution in [2.75, 3.05) is 46.9 Å². The van der Waals surface area contributed by atoms with Crippen molar-refractivity contribution >= 4 is 0 Å². The van der Waals surface area contributed by atoms with Crippen molar-refractivity contribution < 1.29 is 13.5 Å². The number of benzene rings is 1. The summed E-state index contributed by atoms with van der Waals surface area (Å²) in [7, 11) is 3.40. The molecule has 3 nitrogen and oxygen atoms in total. The van der Waals surface area contributed by atoms with E-state index >= 15 is 0 Å². The lowest BCUT2D eigenvalue weighted by molar-refractivity contribution is 0.153. The fraction of sp³-hybridized carbons (Fsp3) is 0.600. The normalized spacial score (nSPS) is 17.4. The maximum atomic E-state index is 13.6. The van der Waals surface area contributed by atoms with E-state index in [2.05, 4.69) is 21.6 Å². The van der Waals surface area contributed by atoms with Crippen LogP contribution in [-0.4, -0.2) is 56.7 Å². The quantitative estimate of drug-likeness (QED) is 0.824. The molecule has 1 fully saturated rings. The van der Waals surface area contributed by atoms with Crippen molar-refractivity contribution in [1.82, 2.24) is 9.80 Å². The Balaban J connectivity index is 1.82. The molecule has 1 heterocycles. The molecule has 1 aliphatic heterocycles. The van der Waals surface area contributed by atoms with Crippen LogP contribution >= 0.6 is 0 Å². The second-order valence-corrected chi connectivity index (χ2v) is 5.34. The predicted octanol–water partition coefficient (Wildman–Crippen LogP) is 2.15. The first kappa shape index (κ1) is 15.2. The molecule has 1 aromatic carbocycles. The molecule has 20 heavy (non-hydrogen) atoms. The lowest BCUT2D eigenvalue weighted by Gasteiger charge is -2.32. The van der Waals surface area contributed by atoms with Gasteiger partial charge < -0.3 is 14.5 Å². The van der Waals surface area contributed by atoms with Gasteiger partial charge in [-0.2, -0.15) is 0 Å². The second-order valence-electron chi connectivity index (χ2n) is 5.34. The highest BCUT2D eigenvalue weighted by molar-refractivity contribution is 5.31. The number of piperazine rings is 1. The largest absolute Gasteiger partial charge is 0.491 e. The van der Waals surface area contributed by atoms with Gasteiger partial charge in [0.15, 0.2) is 17.4 Å². The Morgan fingerprint density at radius 1 is 1.10 bits per heavy atom. The maximum Gasteiger partial charge on any atom is 0.190 e. The van der Waals surface area contributed by atoms with Crippen molar-refractivity contribution in [2.24, 2.45) is 0 Å². The summed E-state index contributed by atoms with van der Waals surface area (Å²) < 4.78 is 31.8. The van der Waals surface area contributed by atoms with Crippen LogP contribution in [0.15, 0.2) is 12.1 Å². The summed E-state index contributed by atoms with van der Waals surface area (Å²) in [4.78, 5) is 4.71. The van der Waals surface area contributed by atoms with E-state index in [4.69, 9.17) is 0 Å². The second kappa shape index (κ2) is 6.99. The molecule has 0 atom stereocenters. The van der Waals surface area contributed by atoms with Crippen LogP contribution in [0.3, 0.4) is 0 Å². The molecular formula is C15H22F2N2O. The van der Waals surface area contributed by atoms with E-state index < -0.39 is 11.6 Å². The molecule has 0 spiro atoms. The summed E-state index contributed by atoms with van der Waals surface area (Å²) in [6.07, 6.45) is 1.60. The Bertz CT molecular complexity index is 422. The summed E-state index contributed by atoms with van der Waals surface area (Å²) in [6, 6.07) is 2.73. The Kier molecular flexibility index (Phi) is 5.31. The SMILES string of the molecule is COc1c(F)cc(CCCN2CCN(C)CC2)cc1F. The molecule has 1 aliphatic rings. The first-order chi connectivity index (χ1) is 9.60. The van der Waals surface area contributed by atoms with E-state index in [1.165, 1.54) is 19.2 Å². The number of methoxy groups -OCH3 is 1. The number of hydrogen-bond acceptors (Lipinski definition) is 3. The van der Waals surface area contributed by atoms with Gasteiger partial charge in [-0.25, -0.2) is 8.78 Å². The molecular weight excluding hydrogens is 262 g/mol. The predicted molar refractivity (Wildman–Crippen MR) is 75.2 cm³/mol. The topological polar surface area (TPSA) is 15.7 Å². The first-order valence-electron chi connectivity index (χ1n) is 7.03. The third-order valence-electron chi connectivity index (χ3n) is 3.80. The van der Waals surface area contributed by atoms with Crippen LogP contribution in [0.1, 0.15) is 12.0 Å². The van der Waals surface area contributed by atoms with Crippen molar-refractivity contribution in [3.63, 3.8) is 0 Å². The molecule has 112 valence electrons. The zero-order chi connectivity index (χ0) is 14.5. The van der Waals surface area contributed by atoms with E-state index in [0.29, 0.717) is 12.0 Å². The molecule has 0 radical (unpaired) electrons. The smallest absolute Gasteiger partial charge is 0.190 e. The Labute approximate surface area is 119 Å². The van der Waals surface area contributed by atoms with Crippen LogP contribution in [0.2, 0.25) is 0 Å². The summed E-state index contributed by atoms with van der Waals surface area (Å²) in [5.74, 6) is -1.54. The molecule has 0 N–H and O–H groups in total. The number of rotatable bonds is 5. The maximum absolute atomic E-state index is 13.6. The number of hydrogen-bond donors (Lipinski definition) is 0. The third kappa shape index (κ3) is 3.90. The lowest BCUT2D eigenvalue weighted by atomic mass is 10.1. The van der Waals surface area contributed by atoms with Gasteiger partial charge in [0, 0.05) is 26.2 Å². The molecule has 1 aromatic rings. The fourth-order valence-electron chi connectivity index (χ4n) is 2.53. The van der Waals surface area contributed by atoms with Crippen LogP contribution in [0, 0.1) is 11.6 Å². The first-order valence-corrected chi connectivity index (χ1v) is 7.03. The van der Waals surface area contributed by atoms with Crippen LogP contribution in [-0.2, 0) is 6.42 Å². The monoisotopic (exact) mass is 284 g/mol. The van der Waals surface area contributed by atoms with E-state index in [0.717, 1.165) is 39.1 Å². The molecule has 0 amide bonds. The summed E-state index contributed by atoms with van der Waals surface area (Å²) >= 11 is 0. The molecule has 2 rings (SSSR count). The van der Waals surface area contributed by atoms with Gasteiger partial charge in [-0.05, 0) is 44.1 Å². The van der Waals surface area contributed by atoms with E-state index in [1.807, 2.05) is 0 Å². The number of likely N-dealkylation sites (N-methyl/N-ethyl adjacent to an activating group) is 1.